The Bertz CT molecular complexity index is 1950. The summed E-state index contributed by atoms with van der Waals surface area (Å²) in [7, 11) is 0. The minimum atomic E-state index is -1.09. The van der Waals surface area contributed by atoms with Crippen LogP contribution in [0.3, 0.4) is 0 Å². The maximum absolute atomic E-state index is 11.6. The van der Waals surface area contributed by atoms with Gasteiger partial charge in [0.05, 0.1) is 22.8 Å². The van der Waals surface area contributed by atoms with Crippen molar-refractivity contribution in [2.24, 2.45) is 0 Å². The van der Waals surface area contributed by atoms with Crippen LogP contribution in [-0.2, 0) is 9.53 Å². The van der Waals surface area contributed by atoms with Gasteiger partial charge in [-0.1, -0.05) is 25.3 Å². The first kappa shape index (κ1) is 28.6. The van der Waals surface area contributed by atoms with E-state index in [1.54, 1.807) is 0 Å². The Morgan fingerprint density at radius 3 is 1.84 bits per heavy atom. The number of carbonyl (C=O) groups is 1. The van der Waals surface area contributed by atoms with Gasteiger partial charge < -0.3 is 24.9 Å². The molecular formula is C35H36N4O4. The lowest BCUT2D eigenvalue weighted by Crippen LogP contribution is -2.08. The molecule has 3 aliphatic rings. The van der Waals surface area contributed by atoms with Crippen molar-refractivity contribution >= 4 is 62.5 Å². The third kappa shape index (κ3) is 5.17. The summed E-state index contributed by atoms with van der Waals surface area (Å²) in [5, 5.41) is 19.9. The van der Waals surface area contributed by atoms with E-state index in [0.29, 0.717) is 31.6 Å². The molecule has 0 aromatic carbocycles. The van der Waals surface area contributed by atoms with Crippen LogP contribution in [0.1, 0.15) is 84.6 Å². The number of nitrogens with zero attached hydrogens (tertiary/aromatic N) is 2. The van der Waals surface area contributed by atoms with Gasteiger partial charge in [0.15, 0.2) is 5.79 Å². The van der Waals surface area contributed by atoms with Crippen LogP contribution in [0.4, 0.5) is 0 Å². The lowest BCUT2D eigenvalue weighted by atomic mass is 9.97. The van der Waals surface area contributed by atoms with Gasteiger partial charge in [-0.25, -0.2) is 9.97 Å². The summed E-state index contributed by atoms with van der Waals surface area (Å²) in [5.41, 5.74) is 14.7. The van der Waals surface area contributed by atoms with Crippen molar-refractivity contribution in [1.82, 2.24) is 19.9 Å². The molecule has 0 radical (unpaired) electrons. The number of fused-ring (bicyclic) bond motifs is 8. The number of hydrogen-bond donors (Lipinski definition) is 4. The van der Waals surface area contributed by atoms with E-state index in [0.717, 1.165) is 83.7 Å². The molecular weight excluding hydrogens is 540 g/mol. The zero-order valence-electron chi connectivity index (χ0n) is 25.0. The van der Waals surface area contributed by atoms with Gasteiger partial charge in [-0.3, -0.25) is 4.79 Å². The molecule has 1 fully saturated rings. The summed E-state index contributed by atoms with van der Waals surface area (Å²) in [6, 6.07) is 8.11. The van der Waals surface area contributed by atoms with Gasteiger partial charge >= 0.3 is 5.97 Å². The molecule has 8 bridgehead atoms. The summed E-state index contributed by atoms with van der Waals surface area (Å²) in [5.74, 6) is -1.94. The molecule has 6 rings (SSSR count). The predicted molar refractivity (Wildman–Crippen MR) is 173 cm³/mol. The molecule has 3 aromatic heterocycles. The number of carboxylic acids is 1. The second-order valence-electron chi connectivity index (χ2n) is 11.6. The lowest BCUT2D eigenvalue weighted by molar-refractivity contribution is -0.136. The number of aliphatic hydroxyl groups is 1. The smallest absolute Gasteiger partial charge is 0.303 e. The maximum atomic E-state index is 11.6. The van der Waals surface area contributed by atoms with Gasteiger partial charge in [-0.2, -0.15) is 0 Å². The van der Waals surface area contributed by atoms with E-state index in [9.17, 15) is 15.0 Å². The average Bonchev–Trinajstić information content (AvgIpc) is 3.21. The van der Waals surface area contributed by atoms with Crippen LogP contribution in [0.15, 0.2) is 37.4 Å². The second kappa shape index (κ2) is 10.6. The van der Waals surface area contributed by atoms with Crippen molar-refractivity contribution in [3.63, 3.8) is 0 Å². The largest absolute Gasteiger partial charge is 0.481 e. The highest BCUT2D eigenvalue weighted by atomic mass is 16.7. The number of allylic oxidation sites excluding steroid dienone is 4. The standard InChI is InChI=1S/C35H36N4O4/c1-7-22-18(3)26-13-27-20(5)24(9-10-34(40)41)32(38-27)16-33-25(11-12-35(42)17-43-35)21(6)29(39-33)15-31-23(8-2)19(4)28(37-31)14-30(22)36-26/h7-8,13-16,36-37,42H,1-2,9-12,17H2,3-6H3,(H,40,41)/t35-/m1/s1. The molecule has 4 N–H and O–H groups in total. The molecule has 3 aromatic rings. The Kier molecular flexibility index (Phi) is 7.07. The van der Waals surface area contributed by atoms with E-state index >= 15 is 0 Å². The van der Waals surface area contributed by atoms with E-state index in [2.05, 4.69) is 43.0 Å². The topological polar surface area (TPSA) is 127 Å². The van der Waals surface area contributed by atoms with E-state index in [-0.39, 0.29) is 6.42 Å². The van der Waals surface area contributed by atoms with Gasteiger partial charge in [-0.15, -0.1) is 0 Å². The highest BCUT2D eigenvalue weighted by Gasteiger charge is 2.42. The molecule has 0 unspecified atom stereocenters. The molecule has 0 spiro atoms. The monoisotopic (exact) mass is 576 g/mol. The predicted octanol–water partition coefficient (Wildman–Crippen LogP) is 7.44. The third-order valence-electron chi connectivity index (χ3n) is 8.87. The molecule has 3 aliphatic heterocycles. The van der Waals surface area contributed by atoms with E-state index in [1.165, 1.54) is 0 Å². The number of nitrogens with one attached hydrogen (secondary N) is 2. The van der Waals surface area contributed by atoms with Crippen LogP contribution < -0.4 is 0 Å². The molecule has 0 saturated carbocycles. The summed E-state index contributed by atoms with van der Waals surface area (Å²) in [6.07, 6.45) is 5.09. The van der Waals surface area contributed by atoms with Gasteiger partial charge in [0.1, 0.15) is 6.61 Å². The number of hydrogen-bond acceptors (Lipinski definition) is 5. The minimum absolute atomic E-state index is 0.00357. The van der Waals surface area contributed by atoms with Gasteiger partial charge in [0.25, 0.3) is 0 Å². The minimum Gasteiger partial charge on any atom is -0.481 e. The van der Waals surface area contributed by atoms with Gasteiger partial charge in [-0.05, 0) is 98.2 Å². The van der Waals surface area contributed by atoms with Crippen molar-refractivity contribution in [2.45, 2.75) is 59.2 Å². The average molecular weight is 577 g/mol. The first-order chi connectivity index (χ1) is 20.5. The number of H-pyrrole nitrogens is 2. The summed E-state index contributed by atoms with van der Waals surface area (Å²) in [6.45, 7) is 16.6. The van der Waals surface area contributed by atoms with Crippen LogP contribution in [0.5, 0.6) is 0 Å². The molecule has 0 aliphatic carbocycles. The number of aliphatic carboxylic acids is 1. The van der Waals surface area contributed by atoms with E-state index in [4.69, 9.17) is 14.7 Å². The van der Waals surface area contributed by atoms with Gasteiger partial charge in [0.2, 0.25) is 0 Å². The summed E-state index contributed by atoms with van der Waals surface area (Å²) < 4.78 is 5.26. The first-order valence-corrected chi connectivity index (χ1v) is 14.5. The van der Waals surface area contributed by atoms with Gasteiger partial charge in [0, 0.05) is 46.0 Å². The van der Waals surface area contributed by atoms with Crippen LogP contribution >= 0.6 is 0 Å². The van der Waals surface area contributed by atoms with Crippen molar-refractivity contribution < 1.29 is 19.7 Å². The Balaban J connectivity index is 1.70. The van der Waals surface area contributed by atoms with Crippen LogP contribution in [-0.4, -0.2) is 48.5 Å². The first-order valence-electron chi connectivity index (χ1n) is 14.5. The van der Waals surface area contributed by atoms with Crippen LogP contribution in [0, 0.1) is 13.8 Å². The number of epoxide rings is 1. The molecule has 8 nitrogen and oxygen atoms in total. The molecule has 6 heterocycles. The molecule has 220 valence electrons. The second-order valence-corrected chi connectivity index (χ2v) is 11.6. The van der Waals surface area contributed by atoms with Crippen LogP contribution in [0.25, 0.3) is 56.5 Å². The lowest BCUT2D eigenvalue weighted by Gasteiger charge is -2.08. The zero-order valence-corrected chi connectivity index (χ0v) is 25.0. The SMILES string of the molecule is C=Cc1c(C)c2cc3[nH]c(cc4nc(cc5nc(cc1[nH]2)C(C)=C5CC[C@]1(O)CO1)C(CCC(=O)O)=C4C)c(C)c3C=C. The number of aryl methyl sites for hydroxylation is 2. The maximum Gasteiger partial charge on any atom is 0.303 e. The molecule has 1 saturated heterocycles. The van der Waals surface area contributed by atoms with Crippen molar-refractivity contribution in [3.05, 3.63) is 82.5 Å². The van der Waals surface area contributed by atoms with Crippen molar-refractivity contribution in [1.29, 1.82) is 0 Å². The van der Waals surface area contributed by atoms with Crippen molar-refractivity contribution in [3.8, 4) is 0 Å². The van der Waals surface area contributed by atoms with Crippen molar-refractivity contribution in [2.75, 3.05) is 6.61 Å². The summed E-state index contributed by atoms with van der Waals surface area (Å²) >= 11 is 0. The molecule has 0 amide bonds. The Morgan fingerprint density at radius 1 is 0.837 bits per heavy atom. The fourth-order valence-corrected chi connectivity index (χ4v) is 6.08. The number of ether oxygens (including phenoxy) is 1. The fraction of sp³-hybridized carbons (Fsp3) is 0.286. The molecule has 8 heteroatoms. The highest BCUT2D eigenvalue weighted by molar-refractivity contribution is 5.96. The Labute approximate surface area is 250 Å². The zero-order chi connectivity index (χ0) is 30.6. The molecule has 43 heavy (non-hydrogen) atoms. The quantitative estimate of drug-likeness (QED) is 0.206. The van der Waals surface area contributed by atoms with E-state index < -0.39 is 11.8 Å². The fourth-order valence-electron chi connectivity index (χ4n) is 6.08. The number of aromatic amines is 2. The normalized spacial score (nSPS) is 17.9. The Hall–Kier alpha value is -4.53. The number of carboxylic acid groups (broad SMARTS) is 1. The number of aromatic nitrogens is 4. The van der Waals surface area contributed by atoms with E-state index in [1.807, 2.05) is 44.2 Å². The third-order valence-corrected chi connectivity index (χ3v) is 8.87. The molecule has 1 atom stereocenters. The highest BCUT2D eigenvalue weighted by Crippen LogP contribution is 2.40. The number of rotatable bonds is 8. The summed E-state index contributed by atoms with van der Waals surface area (Å²) in [4.78, 5) is 28.8. The Morgan fingerprint density at radius 2 is 1.33 bits per heavy atom. The van der Waals surface area contributed by atoms with Crippen LogP contribution in [0.2, 0.25) is 0 Å².